The monoisotopic (exact) mass is 317 g/mol. The van der Waals surface area contributed by atoms with E-state index in [1.807, 2.05) is 27.7 Å². The highest BCUT2D eigenvalue weighted by molar-refractivity contribution is 9.10. The van der Waals surface area contributed by atoms with Gasteiger partial charge in [-0.05, 0) is 34.0 Å². The highest BCUT2D eigenvalue weighted by Crippen LogP contribution is 2.25. The molecule has 18 heavy (non-hydrogen) atoms. The molecule has 0 aromatic carbocycles. The van der Waals surface area contributed by atoms with Gasteiger partial charge < -0.3 is 14.8 Å². The summed E-state index contributed by atoms with van der Waals surface area (Å²) in [5, 5.41) is 12.8. The van der Waals surface area contributed by atoms with Crippen LogP contribution in [0.15, 0.2) is 21.2 Å². The van der Waals surface area contributed by atoms with E-state index in [4.69, 9.17) is 4.42 Å². The van der Waals surface area contributed by atoms with Gasteiger partial charge in [-0.25, -0.2) is 0 Å². The molecule has 1 unspecified atom stereocenters. The Morgan fingerprint density at radius 3 is 2.56 bits per heavy atom. The summed E-state index contributed by atoms with van der Waals surface area (Å²) in [6, 6.07) is 3.27. The molecule has 0 saturated heterocycles. The number of halogens is 1. The summed E-state index contributed by atoms with van der Waals surface area (Å²) >= 11 is 3.15. The minimum atomic E-state index is -0.471. The molecule has 1 rings (SSSR count). The maximum atomic E-state index is 11.8. The lowest BCUT2D eigenvalue weighted by Gasteiger charge is -2.33. The molecular weight excluding hydrogens is 298 g/mol. The first-order valence-electron chi connectivity index (χ1n) is 5.95. The highest BCUT2D eigenvalue weighted by atomic mass is 79.9. The zero-order chi connectivity index (χ0) is 13.9. The smallest absolute Gasteiger partial charge is 0.287 e. The van der Waals surface area contributed by atoms with Crippen LogP contribution < -0.4 is 5.32 Å². The minimum Gasteiger partial charge on any atom is -0.444 e. The molecule has 1 aromatic rings. The normalized spacial score (nSPS) is 13.7. The molecule has 0 saturated carbocycles. The van der Waals surface area contributed by atoms with E-state index in [0.29, 0.717) is 11.2 Å². The van der Waals surface area contributed by atoms with E-state index in [-0.39, 0.29) is 23.0 Å². The number of furan rings is 1. The molecule has 0 aliphatic carbocycles. The second kappa shape index (κ2) is 5.89. The molecule has 0 bridgehead atoms. The van der Waals surface area contributed by atoms with Crippen molar-refractivity contribution in [3.05, 3.63) is 22.6 Å². The molecule has 1 heterocycles. The summed E-state index contributed by atoms with van der Waals surface area (Å²) in [6.07, 6.45) is -0.471. The van der Waals surface area contributed by atoms with Crippen molar-refractivity contribution >= 4 is 21.8 Å². The number of nitrogens with one attached hydrogen (secondary N) is 1. The Labute approximate surface area is 116 Å². The van der Waals surface area contributed by atoms with Crippen molar-refractivity contribution in [1.82, 2.24) is 5.32 Å². The summed E-state index contributed by atoms with van der Waals surface area (Å²) < 4.78 is 5.68. The van der Waals surface area contributed by atoms with Crippen LogP contribution in [0.1, 0.15) is 38.2 Å². The van der Waals surface area contributed by atoms with Crippen LogP contribution in [-0.2, 0) is 0 Å². The van der Waals surface area contributed by atoms with Crippen LogP contribution >= 0.6 is 15.9 Å². The Hall–Kier alpha value is -0.810. The first kappa shape index (κ1) is 15.2. The van der Waals surface area contributed by atoms with Gasteiger partial charge in [0.25, 0.3) is 5.91 Å². The molecule has 102 valence electrons. The Kier molecular flexibility index (Phi) is 4.99. The van der Waals surface area contributed by atoms with Crippen LogP contribution in [0, 0.1) is 11.3 Å². The second-order valence-electron chi connectivity index (χ2n) is 5.46. The predicted octanol–water partition coefficient (Wildman–Crippen LogP) is 2.82. The third-order valence-corrected chi connectivity index (χ3v) is 3.36. The molecule has 0 radical (unpaired) electrons. The molecule has 1 aromatic heterocycles. The zero-order valence-corrected chi connectivity index (χ0v) is 12.7. The molecule has 5 heteroatoms. The number of carbonyl (C=O) groups is 1. The van der Waals surface area contributed by atoms with E-state index in [1.54, 1.807) is 12.1 Å². The number of aliphatic hydroxyl groups excluding tert-OH is 1. The molecule has 1 atom stereocenters. The van der Waals surface area contributed by atoms with Crippen LogP contribution in [0.4, 0.5) is 0 Å². The number of amides is 1. The summed E-state index contributed by atoms with van der Waals surface area (Å²) in [6.45, 7) is 8.16. The maximum absolute atomic E-state index is 11.8. The van der Waals surface area contributed by atoms with Gasteiger partial charge in [0.05, 0.1) is 6.10 Å². The first-order valence-corrected chi connectivity index (χ1v) is 6.75. The first-order chi connectivity index (χ1) is 8.24. The van der Waals surface area contributed by atoms with Crippen molar-refractivity contribution in [2.24, 2.45) is 11.3 Å². The van der Waals surface area contributed by atoms with Gasteiger partial charge in [-0.2, -0.15) is 0 Å². The molecule has 1 amide bonds. The van der Waals surface area contributed by atoms with Gasteiger partial charge in [-0.1, -0.05) is 27.7 Å². The van der Waals surface area contributed by atoms with E-state index in [2.05, 4.69) is 21.2 Å². The van der Waals surface area contributed by atoms with Gasteiger partial charge >= 0.3 is 0 Å². The lowest BCUT2D eigenvalue weighted by molar-refractivity contribution is 0.0136. The van der Waals surface area contributed by atoms with Crippen molar-refractivity contribution in [3.8, 4) is 0 Å². The number of rotatable bonds is 5. The van der Waals surface area contributed by atoms with E-state index >= 15 is 0 Å². The Balaban J connectivity index is 2.57. The molecule has 0 fully saturated rings. The average molecular weight is 318 g/mol. The van der Waals surface area contributed by atoms with Gasteiger partial charge in [-0.15, -0.1) is 0 Å². The van der Waals surface area contributed by atoms with Crippen molar-refractivity contribution in [2.45, 2.75) is 33.8 Å². The number of hydrogen-bond acceptors (Lipinski definition) is 3. The van der Waals surface area contributed by atoms with Crippen molar-refractivity contribution < 1.29 is 14.3 Å². The van der Waals surface area contributed by atoms with Gasteiger partial charge in [-0.3, -0.25) is 4.79 Å². The van der Waals surface area contributed by atoms with Crippen molar-refractivity contribution in [3.63, 3.8) is 0 Å². The summed E-state index contributed by atoms with van der Waals surface area (Å²) in [5.41, 5.74) is -0.381. The minimum absolute atomic E-state index is 0.148. The molecule has 0 aliphatic rings. The molecule has 4 nitrogen and oxygen atoms in total. The summed E-state index contributed by atoms with van der Waals surface area (Å²) in [7, 11) is 0. The summed E-state index contributed by atoms with van der Waals surface area (Å²) in [5.74, 6) is 0.135. The molecular formula is C13H20BrNO3. The predicted molar refractivity (Wildman–Crippen MR) is 73.4 cm³/mol. The second-order valence-corrected chi connectivity index (χ2v) is 6.25. The standard InChI is InChI=1S/C13H20BrNO3/c1-8(2)11(16)13(3,4)7-15-12(17)9-5-6-10(14)18-9/h5-6,8,11,16H,7H2,1-4H3,(H,15,17). The fourth-order valence-electron chi connectivity index (χ4n) is 1.84. The fourth-order valence-corrected chi connectivity index (χ4v) is 2.15. The largest absolute Gasteiger partial charge is 0.444 e. The maximum Gasteiger partial charge on any atom is 0.287 e. The topological polar surface area (TPSA) is 62.5 Å². The molecule has 0 spiro atoms. The van der Waals surface area contributed by atoms with E-state index in [9.17, 15) is 9.90 Å². The number of hydrogen-bond donors (Lipinski definition) is 2. The van der Waals surface area contributed by atoms with Crippen molar-refractivity contribution in [2.75, 3.05) is 6.54 Å². The SMILES string of the molecule is CC(C)C(O)C(C)(C)CNC(=O)c1ccc(Br)o1. The lowest BCUT2D eigenvalue weighted by atomic mass is 9.80. The van der Waals surface area contributed by atoms with Gasteiger partial charge in [0.2, 0.25) is 0 Å². The Morgan fingerprint density at radius 2 is 2.11 bits per heavy atom. The van der Waals surface area contributed by atoms with Gasteiger partial charge in [0, 0.05) is 12.0 Å². The summed E-state index contributed by atoms with van der Waals surface area (Å²) in [4.78, 5) is 11.8. The van der Waals surface area contributed by atoms with Crippen LogP contribution in [-0.4, -0.2) is 23.7 Å². The number of aliphatic hydroxyl groups is 1. The van der Waals surface area contributed by atoms with Crippen LogP contribution in [0.3, 0.4) is 0 Å². The molecule has 2 N–H and O–H groups in total. The van der Waals surface area contributed by atoms with Gasteiger partial charge in [0.15, 0.2) is 10.4 Å². The van der Waals surface area contributed by atoms with Crippen LogP contribution in [0.2, 0.25) is 0 Å². The van der Waals surface area contributed by atoms with Crippen LogP contribution in [0.5, 0.6) is 0 Å². The Morgan fingerprint density at radius 1 is 1.50 bits per heavy atom. The van der Waals surface area contributed by atoms with Crippen molar-refractivity contribution in [1.29, 1.82) is 0 Å². The van der Waals surface area contributed by atoms with E-state index < -0.39 is 6.10 Å². The fraction of sp³-hybridized carbons (Fsp3) is 0.615. The van der Waals surface area contributed by atoms with Gasteiger partial charge in [0.1, 0.15) is 0 Å². The third kappa shape index (κ3) is 3.85. The quantitative estimate of drug-likeness (QED) is 0.877. The highest BCUT2D eigenvalue weighted by Gasteiger charge is 2.30. The average Bonchev–Trinajstić information content (AvgIpc) is 2.71. The Bertz CT molecular complexity index is 412. The zero-order valence-electron chi connectivity index (χ0n) is 11.2. The molecule has 0 aliphatic heterocycles. The lowest BCUT2D eigenvalue weighted by Crippen LogP contribution is -2.43. The third-order valence-electron chi connectivity index (χ3n) is 2.93. The van der Waals surface area contributed by atoms with E-state index in [1.165, 1.54) is 0 Å². The number of carbonyl (C=O) groups excluding carboxylic acids is 1. The van der Waals surface area contributed by atoms with Crippen LogP contribution in [0.25, 0.3) is 0 Å². The van der Waals surface area contributed by atoms with E-state index in [0.717, 1.165) is 0 Å².